The van der Waals surface area contributed by atoms with Crippen LogP contribution < -0.4 is 0 Å². The van der Waals surface area contributed by atoms with Gasteiger partial charge in [0.15, 0.2) is 0 Å². The molecule has 112 valence electrons. The number of benzene rings is 1. The molecule has 0 aliphatic carbocycles. The number of hydrogen-bond donors (Lipinski definition) is 1. The lowest BCUT2D eigenvalue weighted by molar-refractivity contribution is -0.136. The van der Waals surface area contributed by atoms with E-state index in [9.17, 15) is 9.90 Å². The summed E-state index contributed by atoms with van der Waals surface area (Å²) < 4.78 is 1.79. The van der Waals surface area contributed by atoms with Gasteiger partial charge < -0.3 is 9.51 Å². The lowest BCUT2D eigenvalue weighted by Gasteiger charge is -2.04. The first kappa shape index (κ1) is 14.9. The fourth-order valence-electron chi connectivity index (χ4n) is 2.38. The van der Waals surface area contributed by atoms with E-state index in [1.807, 2.05) is 25.3 Å². The molecule has 3 aromatic rings. The summed E-state index contributed by atoms with van der Waals surface area (Å²) in [6, 6.07) is 8.99. The normalized spacial score (nSPS) is 11.0. The number of hydrogen-bond acceptors (Lipinski definition) is 2. The minimum absolute atomic E-state index is 0.125. The highest BCUT2D eigenvalue weighted by atomic mass is 35.5. The van der Waals surface area contributed by atoms with E-state index in [0.29, 0.717) is 27.1 Å². The van der Waals surface area contributed by atoms with E-state index in [2.05, 4.69) is 4.98 Å². The molecule has 0 fully saturated rings. The number of fused-ring (bicyclic) bond motifs is 1. The maximum Gasteiger partial charge on any atom is 0.309 e. The molecule has 0 aliphatic rings. The predicted octanol–water partition coefficient (Wildman–Crippen LogP) is 4.24. The van der Waals surface area contributed by atoms with Gasteiger partial charge in [-0.2, -0.15) is 0 Å². The summed E-state index contributed by atoms with van der Waals surface area (Å²) in [7, 11) is 0. The van der Waals surface area contributed by atoms with Gasteiger partial charge in [0.1, 0.15) is 5.65 Å². The summed E-state index contributed by atoms with van der Waals surface area (Å²) in [6.07, 6.45) is 1.71. The van der Waals surface area contributed by atoms with Gasteiger partial charge in [0, 0.05) is 11.8 Å². The summed E-state index contributed by atoms with van der Waals surface area (Å²) in [5, 5.41) is 10.0. The lowest BCUT2D eigenvalue weighted by atomic mass is 10.1. The number of rotatable bonds is 3. The van der Waals surface area contributed by atoms with Crippen molar-refractivity contribution >= 4 is 34.8 Å². The monoisotopic (exact) mass is 334 g/mol. The predicted molar refractivity (Wildman–Crippen MR) is 86.7 cm³/mol. The lowest BCUT2D eigenvalue weighted by Crippen LogP contribution is -2.04. The molecule has 0 saturated heterocycles. The van der Waals surface area contributed by atoms with Crippen LogP contribution in [-0.4, -0.2) is 20.5 Å². The second-order valence-electron chi connectivity index (χ2n) is 5.04. The average Bonchev–Trinajstić information content (AvgIpc) is 2.79. The number of aryl methyl sites for hydroxylation is 1. The third-order valence-electron chi connectivity index (χ3n) is 3.39. The molecule has 22 heavy (non-hydrogen) atoms. The summed E-state index contributed by atoms with van der Waals surface area (Å²) >= 11 is 12.0. The maximum absolute atomic E-state index is 11.2. The zero-order valence-electron chi connectivity index (χ0n) is 11.7. The second-order valence-corrected chi connectivity index (χ2v) is 5.85. The molecular weight excluding hydrogens is 323 g/mol. The van der Waals surface area contributed by atoms with Crippen LogP contribution >= 0.6 is 23.2 Å². The van der Waals surface area contributed by atoms with E-state index in [1.165, 1.54) is 0 Å². The van der Waals surface area contributed by atoms with Crippen molar-refractivity contribution < 1.29 is 9.90 Å². The number of carboxylic acids is 1. The van der Waals surface area contributed by atoms with Gasteiger partial charge in [-0.25, -0.2) is 4.98 Å². The van der Waals surface area contributed by atoms with Crippen LogP contribution in [0, 0.1) is 6.92 Å². The largest absolute Gasteiger partial charge is 0.481 e. The molecule has 3 rings (SSSR count). The molecule has 2 heterocycles. The Balaban J connectivity index is 2.26. The third-order valence-corrected chi connectivity index (χ3v) is 4.13. The Morgan fingerprint density at radius 2 is 2.00 bits per heavy atom. The highest BCUT2D eigenvalue weighted by molar-refractivity contribution is 6.42. The second kappa shape index (κ2) is 5.63. The Kier molecular flexibility index (Phi) is 3.81. The van der Waals surface area contributed by atoms with Crippen molar-refractivity contribution in [2.75, 3.05) is 0 Å². The molecule has 4 nitrogen and oxygen atoms in total. The van der Waals surface area contributed by atoms with Crippen LogP contribution in [0.15, 0.2) is 36.5 Å². The first-order valence-corrected chi connectivity index (χ1v) is 7.36. The van der Waals surface area contributed by atoms with Crippen molar-refractivity contribution in [1.82, 2.24) is 9.38 Å². The topological polar surface area (TPSA) is 54.6 Å². The SMILES string of the molecule is Cc1ccn2c(CC(=O)O)c(-c3ccc(Cl)c(Cl)c3)nc2c1. The summed E-state index contributed by atoms with van der Waals surface area (Å²) in [5.74, 6) is -0.913. The Morgan fingerprint density at radius 3 is 2.68 bits per heavy atom. The zero-order chi connectivity index (χ0) is 15.9. The molecule has 1 aromatic carbocycles. The number of carbonyl (C=O) groups is 1. The highest BCUT2D eigenvalue weighted by Crippen LogP contribution is 2.31. The molecule has 0 amide bonds. The van der Waals surface area contributed by atoms with Gasteiger partial charge in [-0.3, -0.25) is 4.79 Å². The number of nitrogens with zero attached hydrogens (tertiary/aromatic N) is 2. The van der Waals surface area contributed by atoms with Gasteiger partial charge in [0.05, 0.1) is 27.9 Å². The van der Waals surface area contributed by atoms with Crippen molar-refractivity contribution in [2.45, 2.75) is 13.3 Å². The standard InChI is InChI=1S/C16H12Cl2N2O2/c1-9-4-5-20-13(8-15(21)22)16(19-14(20)6-9)10-2-3-11(17)12(18)7-10/h2-7H,8H2,1H3,(H,21,22). The van der Waals surface area contributed by atoms with Crippen LogP contribution in [-0.2, 0) is 11.2 Å². The fourth-order valence-corrected chi connectivity index (χ4v) is 2.68. The van der Waals surface area contributed by atoms with Crippen LogP contribution in [0.25, 0.3) is 16.9 Å². The molecule has 0 radical (unpaired) electrons. The highest BCUT2D eigenvalue weighted by Gasteiger charge is 2.17. The van der Waals surface area contributed by atoms with E-state index in [0.717, 1.165) is 11.1 Å². The average molecular weight is 335 g/mol. The molecule has 1 N–H and O–H groups in total. The molecule has 0 saturated carbocycles. The van der Waals surface area contributed by atoms with Crippen LogP contribution in [0.5, 0.6) is 0 Å². The molecular formula is C16H12Cl2N2O2. The maximum atomic E-state index is 11.2. The summed E-state index contributed by atoms with van der Waals surface area (Å²) in [6.45, 7) is 1.96. The van der Waals surface area contributed by atoms with Crippen LogP contribution in [0.3, 0.4) is 0 Å². The van der Waals surface area contributed by atoms with Crippen molar-refractivity contribution in [3.63, 3.8) is 0 Å². The van der Waals surface area contributed by atoms with E-state index in [1.54, 1.807) is 22.6 Å². The third kappa shape index (κ3) is 2.67. The number of carboxylic acid groups (broad SMARTS) is 1. The molecule has 2 aromatic heterocycles. The van der Waals surface area contributed by atoms with Crippen LogP contribution in [0.1, 0.15) is 11.3 Å². The number of pyridine rings is 1. The fraction of sp³-hybridized carbons (Fsp3) is 0.125. The molecule has 0 spiro atoms. The van der Waals surface area contributed by atoms with E-state index in [-0.39, 0.29) is 6.42 Å². The van der Waals surface area contributed by atoms with Gasteiger partial charge in [-0.15, -0.1) is 0 Å². The Hall–Kier alpha value is -2.04. The van der Waals surface area contributed by atoms with Gasteiger partial charge in [-0.1, -0.05) is 29.3 Å². The van der Waals surface area contributed by atoms with Gasteiger partial charge in [0.2, 0.25) is 0 Å². The van der Waals surface area contributed by atoms with Crippen LogP contribution in [0.4, 0.5) is 0 Å². The number of imidazole rings is 1. The molecule has 0 atom stereocenters. The van der Waals surface area contributed by atoms with Crippen molar-refractivity contribution in [1.29, 1.82) is 0 Å². The zero-order valence-corrected chi connectivity index (χ0v) is 13.2. The Morgan fingerprint density at radius 1 is 1.23 bits per heavy atom. The summed E-state index contributed by atoms with van der Waals surface area (Å²) in [4.78, 5) is 15.8. The van der Waals surface area contributed by atoms with E-state index in [4.69, 9.17) is 23.2 Å². The van der Waals surface area contributed by atoms with Crippen molar-refractivity contribution in [3.8, 4) is 11.3 Å². The first-order valence-electron chi connectivity index (χ1n) is 6.60. The van der Waals surface area contributed by atoms with Gasteiger partial charge >= 0.3 is 5.97 Å². The van der Waals surface area contributed by atoms with Gasteiger partial charge in [0.25, 0.3) is 0 Å². The Bertz CT molecular complexity index is 887. The smallest absolute Gasteiger partial charge is 0.309 e. The molecule has 0 unspecified atom stereocenters. The summed E-state index contributed by atoms with van der Waals surface area (Å²) in [5.41, 5.74) is 3.72. The van der Waals surface area contributed by atoms with Gasteiger partial charge in [-0.05, 0) is 36.8 Å². The number of halogens is 2. The first-order chi connectivity index (χ1) is 10.5. The quantitative estimate of drug-likeness (QED) is 0.779. The number of aromatic nitrogens is 2. The van der Waals surface area contributed by atoms with Crippen molar-refractivity contribution in [3.05, 3.63) is 57.8 Å². The minimum Gasteiger partial charge on any atom is -0.481 e. The number of aliphatic carboxylic acids is 1. The van der Waals surface area contributed by atoms with Crippen molar-refractivity contribution in [2.24, 2.45) is 0 Å². The Labute approximate surface area is 136 Å². The minimum atomic E-state index is -0.913. The molecule has 0 bridgehead atoms. The van der Waals surface area contributed by atoms with Crippen LogP contribution in [0.2, 0.25) is 10.0 Å². The van der Waals surface area contributed by atoms with E-state index >= 15 is 0 Å². The molecule has 0 aliphatic heterocycles. The van der Waals surface area contributed by atoms with E-state index < -0.39 is 5.97 Å². The molecule has 6 heteroatoms.